The van der Waals surface area contributed by atoms with Crippen molar-refractivity contribution >= 4 is 23.0 Å². The van der Waals surface area contributed by atoms with E-state index in [1.54, 1.807) is 44.4 Å². The summed E-state index contributed by atoms with van der Waals surface area (Å²) in [4.78, 5) is 0. The first-order chi connectivity index (χ1) is 9.60. The molecule has 2 rings (SSSR count). The van der Waals surface area contributed by atoms with Gasteiger partial charge in [-0.2, -0.15) is 5.10 Å². The van der Waals surface area contributed by atoms with Crippen molar-refractivity contribution in [2.75, 3.05) is 12.5 Å². The lowest BCUT2D eigenvalue weighted by Crippen LogP contribution is -2.00. The maximum Gasteiger partial charge on any atom is 0.128 e. The molecule has 2 N–H and O–H groups in total. The topological polar surface area (TPSA) is 53.8 Å². The van der Waals surface area contributed by atoms with Crippen molar-refractivity contribution in [2.45, 2.75) is 6.92 Å². The zero-order chi connectivity index (χ0) is 14.5. The fourth-order valence-corrected chi connectivity index (χ4v) is 1.90. The van der Waals surface area contributed by atoms with Gasteiger partial charge in [0, 0.05) is 16.7 Å². The molecule has 0 aliphatic heterocycles. The molecule has 2 aromatic rings. The van der Waals surface area contributed by atoms with E-state index < -0.39 is 0 Å². The Kier molecular flexibility index (Phi) is 4.48. The number of anilines is 1. The lowest BCUT2D eigenvalue weighted by molar-refractivity contribution is 0.407. The molecule has 0 aromatic heterocycles. The molecule has 0 aliphatic carbocycles. The van der Waals surface area contributed by atoms with Gasteiger partial charge in [0.15, 0.2) is 0 Å². The average molecular weight is 291 g/mol. The number of hydrogen-bond donors (Lipinski definition) is 2. The van der Waals surface area contributed by atoms with Gasteiger partial charge in [-0.25, -0.2) is 0 Å². The Labute approximate surface area is 122 Å². The maximum atomic E-state index is 9.92. The quantitative estimate of drug-likeness (QED) is 0.663. The molecule has 2 aromatic carbocycles. The second-order valence-electron chi connectivity index (χ2n) is 4.20. The van der Waals surface area contributed by atoms with Crippen LogP contribution in [0.3, 0.4) is 0 Å². The standard InChI is InChI=1S/C15H15ClN2O2/c1-10(14-7-6-13(20-2)9-15(14)19)17-18-12-5-3-4-11(16)8-12/h3-9,18-19H,1-2H3/b17-10+. The normalized spacial score (nSPS) is 11.2. The summed E-state index contributed by atoms with van der Waals surface area (Å²) >= 11 is 5.89. The molecule has 20 heavy (non-hydrogen) atoms. The summed E-state index contributed by atoms with van der Waals surface area (Å²) in [5.74, 6) is 0.723. The molecule has 0 aliphatic rings. The second kappa shape index (κ2) is 6.30. The van der Waals surface area contributed by atoms with E-state index in [1.165, 1.54) is 0 Å². The van der Waals surface area contributed by atoms with Crippen molar-refractivity contribution in [3.05, 3.63) is 53.1 Å². The Balaban J connectivity index is 2.18. The van der Waals surface area contributed by atoms with Crippen LogP contribution in [0.1, 0.15) is 12.5 Å². The molecule has 0 radical (unpaired) electrons. The molecule has 0 spiro atoms. The van der Waals surface area contributed by atoms with Gasteiger partial charge in [0.1, 0.15) is 11.5 Å². The summed E-state index contributed by atoms with van der Waals surface area (Å²) in [5, 5.41) is 14.8. The van der Waals surface area contributed by atoms with Crippen LogP contribution in [0, 0.1) is 0 Å². The Morgan fingerprint density at radius 2 is 2.05 bits per heavy atom. The van der Waals surface area contributed by atoms with Crippen molar-refractivity contribution in [1.29, 1.82) is 0 Å². The van der Waals surface area contributed by atoms with Crippen LogP contribution in [0.2, 0.25) is 5.02 Å². The Hall–Kier alpha value is -2.20. The van der Waals surface area contributed by atoms with Gasteiger partial charge in [0.2, 0.25) is 0 Å². The Morgan fingerprint density at radius 3 is 2.70 bits per heavy atom. The Morgan fingerprint density at radius 1 is 1.25 bits per heavy atom. The minimum Gasteiger partial charge on any atom is -0.507 e. The number of ether oxygens (including phenoxy) is 1. The van der Waals surface area contributed by atoms with Gasteiger partial charge in [-0.05, 0) is 37.3 Å². The number of phenolic OH excluding ortho intramolecular Hbond substituents is 1. The van der Waals surface area contributed by atoms with Crippen molar-refractivity contribution < 1.29 is 9.84 Å². The number of hydrogen-bond acceptors (Lipinski definition) is 4. The zero-order valence-corrected chi connectivity index (χ0v) is 12.0. The lowest BCUT2D eigenvalue weighted by atomic mass is 10.1. The largest absolute Gasteiger partial charge is 0.507 e. The number of hydrazone groups is 1. The first-order valence-corrected chi connectivity index (χ1v) is 6.41. The van der Waals surface area contributed by atoms with Crippen molar-refractivity contribution in [2.24, 2.45) is 5.10 Å². The molecule has 5 heteroatoms. The Bertz CT molecular complexity index is 642. The smallest absolute Gasteiger partial charge is 0.128 e. The highest BCUT2D eigenvalue weighted by atomic mass is 35.5. The van der Waals surface area contributed by atoms with E-state index in [2.05, 4.69) is 10.5 Å². The van der Waals surface area contributed by atoms with E-state index >= 15 is 0 Å². The molecule has 0 fully saturated rings. The minimum absolute atomic E-state index is 0.124. The van der Waals surface area contributed by atoms with Gasteiger partial charge in [-0.3, -0.25) is 5.43 Å². The summed E-state index contributed by atoms with van der Waals surface area (Å²) in [7, 11) is 1.55. The third kappa shape index (κ3) is 3.42. The molecular weight excluding hydrogens is 276 g/mol. The fourth-order valence-electron chi connectivity index (χ4n) is 1.71. The fraction of sp³-hybridized carbons (Fsp3) is 0.133. The van der Waals surface area contributed by atoms with Crippen LogP contribution < -0.4 is 10.2 Å². The zero-order valence-electron chi connectivity index (χ0n) is 11.2. The molecule has 0 unspecified atom stereocenters. The molecule has 0 saturated carbocycles. The number of halogens is 1. The highest BCUT2D eigenvalue weighted by Gasteiger charge is 2.06. The summed E-state index contributed by atoms with van der Waals surface area (Å²) in [6.45, 7) is 1.80. The van der Waals surface area contributed by atoms with Gasteiger partial charge in [-0.1, -0.05) is 17.7 Å². The summed E-state index contributed by atoms with van der Waals surface area (Å²) in [6.07, 6.45) is 0. The molecule has 104 valence electrons. The first-order valence-electron chi connectivity index (χ1n) is 6.03. The van der Waals surface area contributed by atoms with E-state index in [0.29, 0.717) is 22.0 Å². The van der Waals surface area contributed by atoms with Crippen molar-refractivity contribution in [1.82, 2.24) is 0 Å². The minimum atomic E-state index is 0.124. The van der Waals surface area contributed by atoms with E-state index in [4.69, 9.17) is 16.3 Å². The lowest BCUT2D eigenvalue weighted by Gasteiger charge is -2.07. The van der Waals surface area contributed by atoms with Crippen molar-refractivity contribution in [3.63, 3.8) is 0 Å². The third-order valence-corrected chi connectivity index (χ3v) is 3.01. The van der Waals surface area contributed by atoms with E-state index in [1.807, 2.05) is 12.1 Å². The van der Waals surface area contributed by atoms with E-state index in [0.717, 1.165) is 5.69 Å². The molecule has 0 atom stereocenters. The molecule has 4 nitrogen and oxygen atoms in total. The molecule has 0 heterocycles. The molecule has 0 bridgehead atoms. The van der Waals surface area contributed by atoms with Gasteiger partial charge >= 0.3 is 0 Å². The first kappa shape index (κ1) is 14.2. The third-order valence-electron chi connectivity index (χ3n) is 2.77. The van der Waals surface area contributed by atoms with Crippen LogP contribution in [0.15, 0.2) is 47.6 Å². The van der Waals surface area contributed by atoms with Gasteiger partial charge in [-0.15, -0.1) is 0 Å². The van der Waals surface area contributed by atoms with Crippen LogP contribution in [-0.4, -0.2) is 17.9 Å². The SMILES string of the molecule is COc1ccc(/C(C)=N/Nc2cccc(Cl)c2)c(O)c1. The predicted molar refractivity (Wildman–Crippen MR) is 81.9 cm³/mol. The number of phenols is 1. The monoisotopic (exact) mass is 290 g/mol. The number of rotatable bonds is 4. The average Bonchev–Trinajstić information content (AvgIpc) is 2.44. The predicted octanol–water partition coefficient (Wildman–Crippen LogP) is 3.89. The van der Waals surface area contributed by atoms with Crippen LogP contribution in [0.5, 0.6) is 11.5 Å². The number of aromatic hydroxyl groups is 1. The van der Waals surface area contributed by atoms with Gasteiger partial charge < -0.3 is 9.84 Å². The molecular formula is C15H15ClN2O2. The van der Waals surface area contributed by atoms with Crippen LogP contribution in [-0.2, 0) is 0 Å². The number of benzene rings is 2. The highest BCUT2D eigenvalue weighted by Crippen LogP contribution is 2.24. The second-order valence-corrected chi connectivity index (χ2v) is 4.64. The van der Waals surface area contributed by atoms with E-state index in [9.17, 15) is 5.11 Å². The van der Waals surface area contributed by atoms with Crippen LogP contribution in [0.25, 0.3) is 0 Å². The van der Waals surface area contributed by atoms with E-state index in [-0.39, 0.29) is 5.75 Å². The van der Waals surface area contributed by atoms with Crippen LogP contribution in [0.4, 0.5) is 5.69 Å². The number of nitrogens with one attached hydrogen (secondary N) is 1. The summed E-state index contributed by atoms with van der Waals surface area (Å²) < 4.78 is 5.04. The summed E-state index contributed by atoms with van der Waals surface area (Å²) in [6, 6.07) is 12.3. The van der Waals surface area contributed by atoms with Crippen LogP contribution >= 0.6 is 11.6 Å². The van der Waals surface area contributed by atoms with Gasteiger partial charge in [0.05, 0.1) is 18.5 Å². The van der Waals surface area contributed by atoms with Crippen molar-refractivity contribution in [3.8, 4) is 11.5 Å². The molecule has 0 saturated heterocycles. The highest BCUT2D eigenvalue weighted by molar-refractivity contribution is 6.30. The maximum absolute atomic E-state index is 9.92. The number of methoxy groups -OCH3 is 1. The molecule has 0 amide bonds. The summed E-state index contributed by atoms with van der Waals surface area (Å²) in [5.41, 5.74) is 4.98. The van der Waals surface area contributed by atoms with Gasteiger partial charge in [0.25, 0.3) is 0 Å². The number of nitrogens with zero attached hydrogens (tertiary/aromatic N) is 1.